The standard InChI is InChI=1S/C17H19N5O5/c1-5-27-17(24)10(2)21-9-18-15-14(16(21)23)19-20-22(15)11-6-7-12(25-3)13(8-11)26-4/h6-10H,5H2,1-4H3. The summed E-state index contributed by atoms with van der Waals surface area (Å²) in [7, 11) is 3.06. The number of methoxy groups -OCH3 is 2. The molecule has 10 heteroatoms. The quantitative estimate of drug-likeness (QED) is 0.591. The molecule has 0 saturated heterocycles. The lowest BCUT2D eigenvalue weighted by molar-refractivity contribution is -0.146. The van der Waals surface area contributed by atoms with E-state index in [1.54, 1.807) is 32.0 Å². The molecule has 1 atom stereocenters. The van der Waals surface area contributed by atoms with Crippen molar-refractivity contribution in [2.45, 2.75) is 19.9 Å². The molecule has 10 nitrogen and oxygen atoms in total. The van der Waals surface area contributed by atoms with Gasteiger partial charge in [0.05, 0.1) is 26.5 Å². The summed E-state index contributed by atoms with van der Waals surface area (Å²) in [5.41, 5.74) is 0.425. The van der Waals surface area contributed by atoms with Crippen LogP contribution in [0.15, 0.2) is 29.3 Å². The Hall–Kier alpha value is -3.43. The summed E-state index contributed by atoms with van der Waals surface area (Å²) in [5, 5.41) is 7.95. The highest BCUT2D eigenvalue weighted by Crippen LogP contribution is 2.29. The number of hydrogen-bond acceptors (Lipinski definition) is 8. The molecule has 27 heavy (non-hydrogen) atoms. The lowest BCUT2D eigenvalue weighted by Gasteiger charge is -2.13. The minimum absolute atomic E-state index is 0.0448. The summed E-state index contributed by atoms with van der Waals surface area (Å²) in [4.78, 5) is 28.9. The largest absolute Gasteiger partial charge is 0.493 e. The number of carbonyl (C=O) groups is 1. The normalized spacial score (nSPS) is 12.0. The summed E-state index contributed by atoms with van der Waals surface area (Å²) in [6.07, 6.45) is 1.28. The van der Waals surface area contributed by atoms with Crippen LogP contribution in [0.4, 0.5) is 0 Å². The highest BCUT2D eigenvalue weighted by atomic mass is 16.5. The van der Waals surface area contributed by atoms with Gasteiger partial charge in [-0.1, -0.05) is 5.21 Å². The number of rotatable bonds is 6. The van der Waals surface area contributed by atoms with E-state index in [0.717, 1.165) is 0 Å². The van der Waals surface area contributed by atoms with Crippen LogP contribution in [-0.2, 0) is 9.53 Å². The Morgan fingerprint density at radius 1 is 1.22 bits per heavy atom. The van der Waals surface area contributed by atoms with Crippen LogP contribution in [0, 0.1) is 0 Å². The van der Waals surface area contributed by atoms with Crippen molar-refractivity contribution >= 4 is 17.1 Å². The minimum Gasteiger partial charge on any atom is -0.493 e. The highest BCUT2D eigenvalue weighted by molar-refractivity contribution is 5.75. The van der Waals surface area contributed by atoms with Gasteiger partial charge in [-0.05, 0) is 26.0 Å². The van der Waals surface area contributed by atoms with Crippen LogP contribution in [0.25, 0.3) is 16.9 Å². The molecular formula is C17H19N5O5. The molecule has 0 aliphatic carbocycles. The van der Waals surface area contributed by atoms with Crippen molar-refractivity contribution in [3.63, 3.8) is 0 Å². The minimum atomic E-state index is -0.819. The van der Waals surface area contributed by atoms with Crippen LogP contribution in [0.3, 0.4) is 0 Å². The highest BCUT2D eigenvalue weighted by Gasteiger charge is 2.21. The number of nitrogens with zero attached hydrogens (tertiary/aromatic N) is 5. The zero-order valence-corrected chi connectivity index (χ0v) is 15.4. The van der Waals surface area contributed by atoms with Gasteiger partial charge in [0.1, 0.15) is 12.4 Å². The van der Waals surface area contributed by atoms with Crippen molar-refractivity contribution in [1.29, 1.82) is 0 Å². The fourth-order valence-electron chi connectivity index (χ4n) is 2.61. The van der Waals surface area contributed by atoms with E-state index < -0.39 is 17.6 Å². The van der Waals surface area contributed by atoms with E-state index in [1.807, 2.05) is 0 Å². The molecular weight excluding hydrogens is 354 g/mol. The first-order valence-electron chi connectivity index (χ1n) is 8.23. The van der Waals surface area contributed by atoms with Crippen LogP contribution in [-0.4, -0.2) is 51.3 Å². The first kappa shape index (κ1) is 18.4. The van der Waals surface area contributed by atoms with E-state index in [4.69, 9.17) is 14.2 Å². The second-order valence-electron chi connectivity index (χ2n) is 5.60. The summed E-state index contributed by atoms with van der Waals surface area (Å²) >= 11 is 0. The average molecular weight is 373 g/mol. The number of ether oxygens (including phenoxy) is 3. The number of benzene rings is 1. The molecule has 0 spiro atoms. The molecule has 0 N–H and O–H groups in total. The van der Waals surface area contributed by atoms with Gasteiger partial charge in [-0.15, -0.1) is 5.10 Å². The molecule has 1 aromatic carbocycles. The van der Waals surface area contributed by atoms with E-state index in [-0.39, 0.29) is 17.8 Å². The lowest BCUT2D eigenvalue weighted by Crippen LogP contribution is -2.29. The molecule has 0 fully saturated rings. The lowest BCUT2D eigenvalue weighted by atomic mass is 10.2. The Labute approximate surface area is 154 Å². The topological polar surface area (TPSA) is 110 Å². The molecule has 0 radical (unpaired) electrons. The second-order valence-corrected chi connectivity index (χ2v) is 5.60. The molecule has 2 heterocycles. The number of esters is 1. The Kier molecular flexibility index (Phi) is 5.06. The summed E-state index contributed by atoms with van der Waals surface area (Å²) < 4.78 is 18.0. The Morgan fingerprint density at radius 3 is 2.63 bits per heavy atom. The van der Waals surface area contributed by atoms with Crippen molar-refractivity contribution in [2.24, 2.45) is 0 Å². The first-order valence-corrected chi connectivity index (χ1v) is 8.23. The zero-order valence-electron chi connectivity index (χ0n) is 15.4. The van der Waals surface area contributed by atoms with E-state index in [2.05, 4.69) is 15.3 Å². The van der Waals surface area contributed by atoms with Gasteiger partial charge < -0.3 is 14.2 Å². The van der Waals surface area contributed by atoms with Gasteiger partial charge in [-0.25, -0.2) is 9.78 Å². The van der Waals surface area contributed by atoms with Gasteiger partial charge in [-0.2, -0.15) is 4.68 Å². The third kappa shape index (κ3) is 3.21. The Bertz CT molecular complexity index is 1040. The number of hydrogen-bond donors (Lipinski definition) is 0. The third-order valence-corrected chi connectivity index (χ3v) is 4.04. The predicted molar refractivity (Wildman–Crippen MR) is 95.4 cm³/mol. The van der Waals surface area contributed by atoms with Gasteiger partial charge in [0.25, 0.3) is 5.56 Å². The second kappa shape index (κ2) is 7.44. The first-order chi connectivity index (χ1) is 13.0. The fraction of sp³-hybridized carbons (Fsp3) is 0.353. The number of aromatic nitrogens is 5. The van der Waals surface area contributed by atoms with Crippen LogP contribution in [0.5, 0.6) is 11.5 Å². The van der Waals surface area contributed by atoms with Gasteiger partial charge >= 0.3 is 5.97 Å². The molecule has 0 saturated carbocycles. The molecule has 0 aliphatic heterocycles. The molecule has 3 rings (SSSR count). The van der Waals surface area contributed by atoms with E-state index >= 15 is 0 Å². The van der Waals surface area contributed by atoms with Gasteiger partial charge in [0.2, 0.25) is 0 Å². The van der Waals surface area contributed by atoms with Crippen LogP contribution < -0.4 is 15.0 Å². The molecule has 0 amide bonds. The average Bonchev–Trinajstić information content (AvgIpc) is 3.12. The maximum Gasteiger partial charge on any atom is 0.328 e. The summed E-state index contributed by atoms with van der Waals surface area (Å²) in [5.74, 6) is 0.542. The third-order valence-electron chi connectivity index (χ3n) is 4.04. The molecule has 2 aromatic heterocycles. The van der Waals surface area contributed by atoms with E-state index in [0.29, 0.717) is 17.2 Å². The van der Waals surface area contributed by atoms with E-state index in [1.165, 1.54) is 29.8 Å². The monoisotopic (exact) mass is 373 g/mol. The van der Waals surface area contributed by atoms with Crippen molar-refractivity contribution in [3.05, 3.63) is 34.9 Å². The molecule has 3 aromatic rings. The van der Waals surface area contributed by atoms with E-state index in [9.17, 15) is 9.59 Å². The maximum atomic E-state index is 12.7. The van der Waals surface area contributed by atoms with Crippen LogP contribution >= 0.6 is 0 Å². The van der Waals surface area contributed by atoms with Crippen LogP contribution in [0.1, 0.15) is 19.9 Å². The Morgan fingerprint density at radius 2 is 1.96 bits per heavy atom. The number of fused-ring (bicyclic) bond motifs is 1. The van der Waals surface area contributed by atoms with Gasteiger partial charge in [0.15, 0.2) is 22.7 Å². The van der Waals surface area contributed by atoms with Gasteiger partial charge in [0, 0.05) is 6.07 Å². The van der Waals surface area contributed by atoms with Crippen LogP contribution in [0.2, 0.25) is 0 Å². The van der Waals surface area contributed by atoms with Crippen molar-refractivity contribution in [2.75, 3.05) is 20.8 Å². The summed E-state index contributed by atoms with van der Waals surface area (Å²) in [6, 6.07) is 4.33. The van der Waals surface area contributed by atoms with Gasteiger partial charge in [-0.3, -0.25) is 9.36 Å². The molecule has 1 unspecified atom stereocenters. The molecule has 0 aliphatic rings. The zero-order chi connectivity index (χ0) is 19.6. The number of carbonyl (C=O) groups excluding carboxylic acids is 1. The van der Waals surface area contributed by atoms with Crippen molar-refractivity contribution in [1.82, 2.24) is 24.5 Å². The fourth-order valence-corrected chi connectivity index (χ4v) is 2.61. The smallest absolute Gasteiger partial charge is 0.328 e. The van der Waals surface area contributed by atoms with Crippen molar-refractivity contribution < 1.29 is 19.0 Å². The summed E-state index contributed by atoms with van der Waals surface area (Å²) in [6.45, 7) is 3.48. The molecule has 0 bridgehead atoms. The molecule has 142 valence electrons. The SMILES string of the molecule is CCOC(=O)C(C)n1cnc2c(nnn2-c2ccc(OC)c(OC)c2)c1=O. The maximum absolute atomic E-state index is 12.7. The van der Waals surface area contributed by atoms with Crippen molar-refractivity contribution in [3.8, 4) is 17.2 Å². The Balaban J connectivity index is 2.07. The predicted octanol–water partition coefficient (Wildman–Crippen LogP) is 1.12.